The highest BCUT2D eigenvalue weighted by Gasteiger charge is 2.21. The Labute approximate surface area is 153 Å². The molecule has 0 saturated carbocycles. The maximum atomic E-state index is 12.9. The van der Waals surface area contributed by atoms with E-state index >= 15 is 0 Å². The standard InChI is InChI=1S/C20H14N4OS/c21-13-17-19-22-12-11-18(16-9-5-2-6-10-16)24(19)23-20(17)26(25)14-15-7-3-1-4-8-15/h1-12H,14H2. The highest BCUT2D eigenvalue weighted by molar-refractivity contribution is 7.84. The molecule has 2 aromatic carbocycles. The summed E-state index contributed by atoms with van der Waals surface area (Å²) in [5.74, 6) is 0.306. The van der Waals surface area contributed by atoms with Crippen LogP contribution in [0.5, 0.6) is 0 Å². The highest BCUT2D eigenvalue weighted by Crippen LogP contribution is 2.24. The summed E-state index contributed by atoms with van der Waals surface area (Å²) >= 11 is 0. The zero-order valence-corrected chi connectivity index (χ0v) is 14.6. The van der Waals surface area contributed by atoms with Gasteiger partial charge in [-0.1, -0.05) is 60.7 Å². The lowest BCUT2D eigenvalue weighted by molar-refractivity contribution is 0.678. The summed E-state index contributed by atoms with van der Waals surface area (Å²) in [7, 11) is -1.44. The Kier molecular flexibility index (Phi) is 4.30. The van der Waals surface area contributed by atoms with E-state index in [9.17, 15) is 9.47 Å². The number of benzene rings is 2. The summed E-state index contributed by atoms with van der Waals surface area (Å²) in [5.41, 5.74) is 3.37. The zero-order valence-electron chi connectivity index (χ0n) is 13.7. The Morgan fingerprint density at radius 1 is 1.00 bits per heavy atom. The number of hydrogen-bond donors (Lipinski definition) is 0. The first kappa shape index (κ1) is 16.2. The molecular weight excluding hydrogens is 344 g/mol. The summed E-state index contributed by atoms with van der Waals surface area (Å²) in [5, 5.41) is 14.4. The molecular formula is C20H14N4OS. The van der Waals surface area contributed by atoms with Gasteiger partial charge >= 0.3 is 0 Å². The van der Waals surface area contributed by atoms with Crippen LogP contribution in [0.3, 0.4) is 0 Å². The van der Waals surface area contributed by atoms with E-state index in [4.69, 9.17) is 0 Å². The monoisotopic (exact) mass is 358 g/mol. The minimum atomic E-state index is -1.44. The van der Waals surface area contributed by atoms with Crippen molar-refractivity contribution in [3.8, 4) is 17.3 Å². The van der Waals surface area contributed by atoms with E-state index in [2.05, 4.69) is 16.2 Å². The number of nitrogens with zero attached hydrogens (tertiary/aromatic N) is 4. The molecule has 0 aliphatic heterocycles. The van der Waals surface area contributed by atoms with Crippen molar-refractivity contribution in [2.45, 2.75) is 10.8 Å². The molecule has 1 unspecified atom stereocenters. The van der Waals surface area contributed by atoms with Crippen LogP contribution < -0.4 is 0 Å². The van der Waals surface area contributed by atoms with Gasteiger partial charge in [0.25, 0.3) is 0 Å². The van der Waals surface area contributed by atoms with Crippen LogP contribution in [0, 0.1) is 11.3 Å². The summed E-state index contributed by atoms with van der Waals surface area (Å²) in [6.07, 6.45) is 1.64. The zero-order chi connectivity index (χ0) is 17.9. The Morgan fingerprint density at radius 2 is 1.69 bits per heavy atom. The van der Waals surface area contributed by atoms with Crippen molar-refractivity contribution in [1.82, 2.24) is 14.6 Å². The Bertz CT molecular complexity index is 1130. The van der Waals surface area contributed by atoms with Crippen LogP contribution in [-0.4, -0.2) is 18.8 Å². The van der Waals surface area contributed by atoms with Crippen molar-refractivity contribution in [3.63, 3.8) is 0 Å². The van der Waals surface area contributed by atoms with Gasteiger partial charge in [0.1, 0.15) is 11.6 Å². The topological polar surface area (TPSA) is 71.0 Å². The average molecular weight is 358 g/mol. The van der Waals surface area contributed by atoms with Crippen molar-refractivity contribution < 1.29 is 4.21 Å². The van der Waals surface area contributed by atoms with Crippen LogP contribution in [0.1, 0.15) is 11.1 Å². The number of aromatic nitrogens is 3. The molecule has 2 heterocycles. The summed E-state index contributed by atoms with van der Waals surface area (Å²) in [6.45, 7) is 0. The molecule has 0 bridgehead atoms. The maximum Gasteiger partial charge on any atom is 0.174 e. The van der Waals surface area contributed by atoms with Gasteiger partial charge in [0, 0.05) is 11.8 Å². The summed E-state index contributed by atoms with van der Waals surface area (Å²) < 4.78 is 14.5. The lowest BCUT2D eigenvalue weighted by Gasteiger charge is -2.03. The van der Waals surface area contributed by atoms with E-state index in [0.717, 1.165) is 16.8 Å². The molecule has 0 fully saturated rings. The first-order valence-electron chi connectivity index (χ1n) is 8.03. The molecule has 5 nitrogen and oxygen atoms in total. The second kappa shape index (κ2) is 6.90. The van der Waals surface area contributed by atoms with Gasteiger partial charge in [0.2, 0.25) is 0 Å². The van der Waals surface area contributed by atoms with Crippen LogP contribution in [0.4, 0.5) is 0 Å². The molecule has 0 saturated heterocycles. The SMILES string of the molecule is N#Cc1c(S(=O)Cc2ccccc2)nn2c(-c3ccccc3)ccnc12. The summed E-state index contributed by atoms with van der Waals surface area (Å²) in [4.78, 5) is 4.29. The maximum absolute atomic E-state index is 12.9. The van der Waals surface area contributed by atoms with Gasteiger partial charge in [-0.05, 0) is 11.6 Å². The molecule has 0 aliphatic rings. The third-order valence-electron chi connectivity index (χ3n) is 4.02. The molecule has 0 N–H and O–H groups in total. The van der Waals surface area contributed by atoms with Gasteiger partial charge < -0.3 is 0 Å². The van der Waals surface area contributed by atoms with Crippen molar-refractivity contribution in [3.05, 3.63) is 84.1 Å². The molecule has 4 rings (SSSR count). The Hall–Kier alpha value is -3.30. The molecule has 0 aliphatic carbocycles. The number of fused-ring (bicyclic) bond motifs is 1. The average Bonchev–Trinajstić information content (AvgIpc) is 3.08. The first-order valence-corrected chi connectivity index (χ1v) is 9.35. The van der Waals surface area contributed by atoms with E-state index in [1.165, 1.54) is 0 Å². The van der Waals surface area contributed by atoms with Crippen molar-refractivity contribution in [2.75, 3.05) is 0 Å². The lowest BCUT2D eigenvalue weighted by atomic mass is 10.1. The van der Waals surface area contributed by atoms with Crippen LogP contribution in [0.25, 0.3) is 16.9 Å². The summed E-state index contributed by atoms with van der Waals surface area (Å²) in [6, 6.07) is 23.2. The molecule has 4 aromatic rings. The molecule has 126 valence electrons. The third kappa shape index (κ3) is 2.89. The lowest BCUT2D eigenvalue weighted by Crippen LogP contribution is -2.00. The van der Waals surface area contributed by atoms with Crippen LogP contribution in [0.15, 0.2) is 78.0 Å². The number of hydrogen-bond acceptors (Lipinski definition) is 4. The van der Waals surface area contributed by atoms with E-state index in [-0.39, 0.29) is 10.6 Å². The van der Waals surface area contributed by atoms with Crippen LogP contribution in [-0.2, 0) is 16.6 Å². The first-order chi connectivity index (χ1) is 12.8. The van der Waals surface area contributed by atoms with Crippen LogP contribution >= 0.6 is 0 Å². The molecule has 1 atom stereocenters. The minimum absolute atomic E-state index is 0.261. The minimum Gasteiger partial charge on any atom is -0.252 e. The van der Waals surface area contributed by atoms with Gasteiger partial charge in [0.05, 0.1) is 22.2 Å². The quantitative estimate of drug-likeness (QED) is 0.559. The van der Waals surface area contributed by atoms with Crippen molar-refractivity contribution in [1.29, 1.82) is 5.26 Å². The van der Waals surface area contributed by atoms with Crippen molar-refractivity contribution >= 4 is 16.4 Å². The van der Waals surface area contributed by atoms with Crippen molar-refractivity contribution in [2.24, 2.45) is 0 Å². The molecule has 0 radical (unpaired) electrons. The van der Waals surface area contributed by atoms with Gasteiger partial charge in [-0.25, -0.2) is 9.50 Å². The van der Waals surface area contributed by atoms with E-state index in [1.807, 2.05) is 66.7 Å². The predicted octanol–water partition coefficient (Wildman–Crippen LogP) is 3.58. The van der Waals surface area contributed by atoms with E-state index < -0.39 is 10.8 Å². The Morgan fingerprint density at radius 3 is 2.38 bits per heavy atom. The highest BCUT2D eigenvalue weighted by atomic mass is 32.2. The fourth-order valence-electron chi connectivity index (χ4n) is 2.80. The predicted molar refractivity (Wildman–Crippen MR) is 99.7 cm³/mol. The Balaban J connectivity index is 1.84. The fraction of sp³-hybridized carbons (Fsp3) is 0.0500. The number of nitriles is 1. The van der Waals surface area contributed by atoms with Gasteiger partial charge in [-0.3, -0.25) is 4.21 Å². The smallest absolute Gasteiger partial charge is 0.174 e. The normalized spacial score (nSPS) is 12.0. The van der Waals surface area contributed by atoms with E-state index in [0.29, 0.717) is 11.4 Å². The molecule has 0 amide bonds. The molecule has 0 spiro atoms. The second-order valence-corrected chi connectivity index (χ2v) is 7.07. The number of rotatable bonds is 4. The second-order valence-electron chi connectivity index (χ2n) is 5.70. The van der Waals surface area contributed by atoms with Gasteiger partial charge in [-0.15, -0.1) is 0 Å². The molecule has 26 heavy (non-hydrogen) atoms. The van der Waals surface area contributed by atoms with E-state index in [1.54, 1.807) is 10.7 Å². The van der Waals surface area contributed by atoms with Crippen LogP contribution in [0.2, 0.25) is 0 Å². The van der Waals surface area contributed by atoms with Gasteiger partial charge in [0.15, 0.2) is 10.7 Å². The largest absolute Gasteiger partial charge is 0.252 e. The van der Waals surface area contributed by atoms with Gasteiger partial charge in [-0.2, -0.15) is 10.4 Å². The molecule has 2 aromatic heterocycles. The third-order valence-corrected chi connectivity index (χ3v) is 5.34. The fourth-order valence-corrected chi connectivity index (χ4v) is 3.97. The molecule has 6 heteroatoms.